The molecule has 160 valence electrons. The lowest BCUT2D eigenvalue weighted by atomic mass is 9.47. The van der Waals surface area contributed by atoms with Crippen molar-refractivity contribution in [3.8, 4) is 11.8 Å². The lowest BCUT2D eigenvalue weighted by molar-refractivity contribution is -0.214. The van der Waals surface area contributed by atoms with Gasteiger partial charge in [0.05, 0.1) is 30.6 Å². The van der Waals surface area contributed by atoms with Gasteiger partial charge < -0.3 is 14.2 Å². The molecule has 1 saturated heterocycles. The minimum atomic E-state index is -0.642. The molecule has 1 unspecified atom stereocenters. The first-order chi connectivity index (χ1) is 14.5. The van der Waals surface area contributed by atoms with Crippen LogP contribution < -0.4 is 4.74 Å². The third kappa shape index (κ3) is 2.84. The third-order valence-electron chi connectivity index (χ3n) is 8.39. The molecule has 1 aromatic carbocycles. The number of rotatable bonds is 3. The number of benzene rings is 1. The van der Waals surface area contributed by atoms with Crippen LogP contribution in [0.4, 0.5) is 0 Å². The maximum atomic E-state index is 13.6. The van der Waals surface area contributed by atoms with E-state index in [1.165, 1.54) is 0 Å². The molecule has 1 heterocycles. The Morgan fingerprint density at radius 1 is 1.23 bits per heavy atom. The second-order valence-corrected chi connectivity index (χ2v) is 9.85. The summed E-state index contributed by atoms with van der Waals surface area (Å²) in [6.45, 7) is 2.94. The van der Waals surface area contributed by atoms with Gasteiger partial charge in [-0.05, 0) is 74.1 Å². The van der Waals surface area contributed by atoms with Crippen LogP contribution in [0.5, 0.6) is 5.75 Å². The predicted molar refractivity (Wildman–Crippen MR) is 111 cm³/mol. The summed E-state index contributed by atoms with van der Waals surface area (Å²) < 4.78 is 17.7. The molecular formula is C25H31NO4. The summed E-state index contributed by atoms with van der Waals surface area (Å²) in [5.41, 5.74) is 1.25. The lowest BCUT2D eigenvalue weighted by Crippen LogP contribution is -2.55. The maximum absolute atomic E-state index is 13.6. The molecule has 0 N–H and O–H groups in total. The molecule has 5 rings (SSSR count). The SMILES string of the molecule is COc1ccc2c(c1)CC[C@]1(C#N)[C@@H]2C(=O)C[C@]2(C)[C@@H](OC3CCCCO3)CC[C@H]21. The van der Waals surface area contributed by atoms with Crippen molar-refractivity contribution < 1.29 is 19.0 Å². The maximum Gasteiger partial charge on any atom is 0.157 e. The van der Waals surface area contributed by atoms with E-state index < -0.39 is 5.41 Å². The van der Waals surface area contributed by atoms with Gasteiger partial charge in [0.15, 0.2) is 6.29 Å². The second kappa shape index (κ2) is 7.35. The smallest absolute Gasteiger partial charge is 0.157 e. The molecule has 3 aliphatic carbocycles. The summed E-state index contributed by atoms with van der Waals surface area (Å²) in [6.07, 6.45) is 6.83. The van der Waals surface area contributed by atoms with E-state index in [9.17, 15) is 10.1 Å². The van der Waals surface area contributed by atoms with Gasteiger partial charge in [-0.3, -0.25) is 4.79 Å². The van der Waals surface area contributed by atoms with Gasteiger partial charge in [-0.25, -0.2) is 0 Å². The van der Waals surface area contributed by atoms with Gasteiger partial charge in [-0.1, -0.05) is 13.0 Å². The molecule has 0 amide bonds. The Morgan fingerprint density at radius 2 is 2.10 bits per heavy atom. The van der Waals surface area contributed by atoms with E-state index in [0.29, 0.717) is 6.42 Å². The molecule has 0 spiro atoms. The minimum Gasteiger partial charge on any atom is -0.497 e. The van der Waals surface area contributed by atoms with Crippen LogP contribution in [0.1, 0.15) is 68.9 Å². The number of ketones is 1. The molecule has 5 nitrogen and oxygen atoms in total. The summed E-state index contributed by atoms with van der Waals surface area (Å²) in [5.74, 6) is 0.844. The van der Waals surface area contributed by atoms with E-state index >= 15 is 0 Å². The number of nitriles is 1. The molecule has 0 bridgehead atoms. The van der Waals surface area contributed by atoms with E-state index in [2.05, 4.69) is 13.0 Å². The number of aryl methyl sites for hydroxylation is 1. The minimum absolute atomic E-state index is 0.0158. The number of carbonyl (C=O) groups excluding carboxylic acids is 1. The molecule has 4 aliphatic rings. The van der Waals surface area contributed by atoms with Crippen molar-refractivity contribution >= 4 is 5.78 Å². The van der Waals surface area contributed by atoms with Crippen LogP contribution in [0.25, 0.3) is 0 Å². The van der Waals surface area contributed by atoms with Crippen LogP contribution in [0.2, 0.25) is 0 Å². The Morgan fingerprint density at radius 3 is 2.83 bits per heavy atom. The van der Waals surface area contributed by atoms with Crippen LogP contribution in [0.3, 0.4) is 0 Å². The van der Waals surface area contributed by atoms with E-state index in [0.717, 1.165) is 68.4 Å². The zero-order chi connectivity index (χ0) is 20.9. The topological polar surface area (TPSA) is 68.5 Å². The normalized spacial score (nSPS) is 40.1. The Hall–Kier alpha value is -1.90. The molecule has 1 aromatic rings. The lowest BCUT2D eigenvalue weighted by Gasteiger charge is -2.54. The van der Waals surface area contributed by atoms with Crippen molar-refractivity contribution in [2.75, 3.05) is 13.7 Å². The van der Waals surface area contributed by atoms with Gasteiger partial charge in [0.1, 0.15) is 11.5 Å². The molecule has 5 heteroatoms. The number of Topliss-reactive ketones (excluding diaryl/α,β-unsaturated/α-hetero) is 1. The van der Waals surface area contributed by atoms with Crippen LogP contribution in [0.15, 0.2) is 18.2 Å². The zero-order valence-electron chi connectivity index (χ0n) is 18.0. The van der Waals surface area contributed by atoms with Crippen LogP contribution in [-0.2, 0) is 20.7 Å². The first-order valence-electron chi connectivity index (χ1n) is 11.4. The van der Waals surface area contributed by atoms with Crippen LogP contribution in [0, 0.1) is 28.1 Å². The highest BCUT2D eigenvalue weighted by Gasteiger charge is 2.66. The average Bonchev–Trinajstić information content (AvgIpc) is 3.09. The van der Waals surface area contributed by atoms with Crippen molar-refractivity contribution in [3.63, 3.8) is 0 Å². The fourth-order valence-corrected chi connectivity index (χ4v) is 6.99. The van der Waals surface area contributed by atoms with Crippen molar-refractivity contribution in [1.29, 1.82) is 5.26 Å². The van der Waals surface area contributed by atoms with Gasteiger partial charge in [-0.2, -0.15) is 5.26 Å². The first-order valence-corrected chi connectivity index (χ1v) is 11.4. The number of methoxy groups -OCH3 is 1. The molecule has 30 heavy (non-hydrogen) atoms. The number of carbonyl (C=O) groups is 1. The van der Waals surface area contributed by atoms with E-state index in [-0.39, 0.29) is 35.4 Å². The van der Waals surface area contributed by atoms with Crippen molar-refractivity contribution in [3.05, 3.63) is 29.3 Å². The number of fused-ring (bicyclic) bond motifs is 5. The fourth-order valence-electron chi connectivity index (χ4n) is 6.99. The Balaban J connectivity index is 1.49. The van der Waals surface area contributed by atoms with Crippen molar-refractivity contribution in [1.82, 2.24) is 0 Å². The Bertz CT molecular complexity index is 886. The van der Waals surface area contributed by atoms with E-state index in [1.54, 1.807) is 7.11 Å². The van der Waals surface area contributed by atoms with Gasteiger partial charge in [0, 0.05) is 18.4 Å². The Kier molecular flexibility index (Phi) is 4.91. The summed E-state index contributed by atoms with van der Waals surface area (Å²) in [7, 11) is 1.66. The number of hydrogen-bond donors (Lipinski definition) is 0. The second-order valence-electron chi connectivity index (χ2n) is 9.85. The summed E-state index contributed by atoms with van der Waals surface area (Å²) >= 11 is 0. The molecular weight excluding hydrogens is 378 g/mol. The molecule has 0 aromatic heterocycles. The predicted octanol–water partition coefficient (Wildman–Crippen LogP) is 4.54. The first kappa shape index (κ1) is 20.0. The van der Waals surface area contributed by atoms with Gasteiger partial charge in [0.25, 0.3) is 0 Å². The largest absolute Gasteiger partial charge is 0.497 e. The van der Waals surface area contributed by atoms with E-state index in [4.69, 9.17) is 14.2 Å². The highest BCUT2D eigenvalue weighted by atomic mass is 16.7. The number of hydrogen-bond acceptors (Lipinski definition) is 5. The quantitative estimate of drug-likeness (QED) is 0.733. The molecule has 0 radical (unpaired) electrons. The summed E-state index contributed by atoms with van der Waals surface area (Å²) in [6, 6.07) is 8.68. The van der Waals surface area contributed by atoms with Crippen LogP contribution >= 0.6 is 0 Å². The summed E-state index contributed by atoms with van der Waals surface area (Å²) in [4.78, 5) is 13.6. The van der Waals surface area contributed by atoms with E-state index in [1.807, 2.05) is 18.2 Å². The van der Waals surface area contributed by atoms with Crippen molar-refractivity contribution in [2.24, 2.45) is 16.7 Å². The highest BCUT2D eigenvalue weighted by molar-refractivity contribution is 5.90. The average molecular weight is 410 g/mol. The van der Waals surface area contributed by atoms with Gasteiger partial charge in [-0.15, -0.1) is 0 Å². The van der Waals surface area contributed by atoms with Gasteiger partial charge >= 0.3 is 0 Å². The third-order valence-corrected chi connectivity index (χ3v) is 8.39. The molecule has 3 fully saturated rings. The van der Waals surface area contributed by atoms with Crippen molar-refractivity contribution in [2.45, 2.75) is 76.6 Å². The van der Waals surface area contributed by atoms with Crippen LogP contribution in [-0.4, -0.2) is 31.9 Å². The zero-order valence-corrected chi connectivity index (χ0v) is 18.0. The summed E-state index contributed by atoms with van der Waals surface area (Å²) in [5, 5.41) is 10.5. The molecule has 1 aliphatic heterocycles. The fraction of sp³-hybridized carbons (Fsp3) is 0.680. The molecule has 2 saturated carbocycles. The number of nitrogens with zero attached hydrogens (tertiary/aromatic N) is 1. The Labute approximate surface area is 178 Å². The molecule has 6 atom stereocenters. The monoisotopic (exact) mass is 409 g/mol. The standard InChI is InChI=1S/C25H31NO4/c1-24-14-19(27)23-18-7-6-17(28-2)13-16(18)10-11-25(23,15-26)20(24)8-9-21(24)30-22-5-3-4-12-29-22/h6-7,13,20-23H,3-5,8-12,14H2,1-2H3/t20-,21+,22?,23+,24+,25-/m1/s1. The number of ether oxygens (including phenoxy) is 3. The van der Waals surface area contributed by atoms with Gasteiger partial charge in [0.2, 0.25) is 0 Å². The highest BCUT2D eigenvalue weighted by Crippen LogP contribution is 2.66.